The van der Waals surface area contributed by atoms with Gasteiger partial charge in [-0.2, -0.15) is 5.10 Å². The van der Waals surface area contributed by atoms with Crippen molar-refractivity contribution in [1.29, 1.82) is 0 Å². The highest BCUT2D eigenvalue weighted by atomic mass is 16.4. The highest BCUT2D eigenvalue weighted by Crippen LogP contribution is 2.29. The number of benzene rings is 1. The van der Waals surface area contributed by atoms with Gasteiger partial charge in [0.05, 0.1) is 17.8 Å². The first-order valence-corrected chi connectivity index (χ1v) is 9.08. The topological polar surface area (TPSA) is 84.2 Å². The number of nitrogens with one attached hydrogen (secondary N) is 1. The van der Waals surface area contributed by atoms with Crippen LogP contribution in [0.5, 0.6) is 0 Å². The van der Waals surface area contributed by atoms with E-state index in [1.54, 1.807) is 0 Å². The molecular weight excluding hydrogens is 330 g/mol. The van der Waals surface area contributed by atoms with E-state index in [0.29, 0.717) is 12.8 Å². The number of aryl methyl sites for hydroxylation is 1. The summed E-state index contributed by atoms with van der Waals surface area (Å²) in [7, 11) is 0. The number of hydrogen-bond acceptors (Lipinski definition) is 3. The number of carboxylic acid groups (broad SMARTS) is 1. The molecule has 6 nitrogen and oxygen atoms in total. The molecule has 0 radical (unpaired) electrons. The zero-order chi connectivity index (χ0) is 18.7. The summed E-state index contributed by atoms with van der Waals surface area (Å²) in [5.74, 6) is -1.19. The van der Waals surface area contributed by atoms with Crippen molar-refractivity contribution in [3.63, 3.8) is 0 Å². The third-order valence-corrected chi connectivity index (χ3v) is 5.27. The Morgan fingerprint density at radius 3 is 2.42 bits per heavy atom. The zero-order valence-electron chi connectivity index (χ0n) is 15.3. The van der Waals surface area contributed by atoms with Gasteiger partial charge in [0, 0.05) is 11.3 Å². The quantitative estimate of drug-likeness (QED) is 0.864. The molecule has 1 aliphatic rings. The molecule has 1 aliphatic carbocycles. The molecule has 0 aliphatic heterocycles. The van der Waals surface area contributed by atoms with Crippen LogP contribution in [-0.2, 0) is 16.0 Å². The fourth-order valence-electron chi connectivity index (χ4n) is 3.77. The molecule has 0 saturated heterocycles. The van der Waals surface area contributed by atoms with E-state index in [9.17, 15) is 14.7 Å². The van der Waals surface area contributed by atoms with Gasteiger partial charge in [-0.05, 0) is 38.8 Å². The van der Waals surface area contributed by atoms with Crippen molar-refractivity contribution in [2.24, 2.45) is 0 Å². The summed E-state index contributed by atoms with van der Waals surface area (Å²) in [5.41, 5.74) is 2.36. The summed E-state index contributed by atoms with van der Waals surface area (Å²) in [6.45, 7) is 3.81. The molecule has 26 heavy (non-hydrogen) atoms. The molecule has 2 aromatic rings. The van der Waals surface area contributed by atoms with Crippen molar-refractivity contribution in [2.75, 3.05) is 0 Å². The molecule has 6 heteroatoms. The summed E-state index contributed by atoms with van der Waals surface area (Å²) in [4.78, 5) is 24.4. The fourth-order valence-corrected chi connectivity index (χ4v) is 3.77. The second kappa shape index (κ2) is 7.32. The Balaban J connectivity index is 1.79. The molecule has 0 bridgehead atoms. The molecule has 0 spiro atoms. The second-order valence-corrected chi connectivity index (χ2v) is 7.07. The van der Waals surface area contributed by atoms with Crippen LogP contribution in [0.4, 0.5) is 0 Å². The SMILES string of the molecule is Cc1nn(-c2ccccc2)c(C)c1CC(=O)NC1(C(=O)O)CCCCC1. The Morgan fingerprint density at radius 1 is 1.15 bits per heavy atom. The normalized spacial score (nSPS) is 16.2. The van der Waals surface area contributed by atoms with E-state index in [4.69, 9.17) is 0 Å². The zero-order valence-corrected chi connectivity index (χ0v) is 15.3. The van der Waals surface area contributed by atoms with Crippen LogP contribution in [0.1, 0.15) is 49.1 Å². The molecule has 1 amide bonds. The van der Waals surface area contributed by atoms with Gasteiger partial charge in [-0.15, -0.1) is 0 Å². The summed E-state index contributed by atoms with van der Waals surface area (Å²) in [6.07, 6.45) is 3.81. The molecule has 0 atom stereocenters. The van der Waals surface area contributed by atoms with Crippen LogP contribution in [0.2, 0.25) is 0 Å². The van der Waals surface area contributed by atoms with Gasteiger partial charge >= 0.3 is 5.97 Å². The smallest absolute Gasteiger partial charge is 0.329 e. The van der Waals surface area contributed by atoms with Crippen LogP contribution < -0.4 is 5.32 Å². The van der Waals surface area contributed by atoms with E-state index in [0.717, 1.165) is 41.9 Å². The van der Waals surface area contributed by atoms with E-state index in [-0.39, 0.29) is 12.3 Å². The lowest BCUT2D eigenvalue weighted by atomic mass is 9.81. The Labute approximate surface area is 153 Å². The molecule has 2 N–H and O–H groups in total. The van der Waals surface area contributed by atoms with E-state index in [2.05, 4.69) is 10.4 Å². The number of carbonyl (C=O) groups excluding carboxylic acids is 1. The molecule has 138 valence electrons. The highest BCUT2D eigenvalue weighted by molar-refractivity contribution is 5.88. The third kappa shape index (κ3) is 3.49. The van der Waals surface area contributed by atoms with E-state index >= 15 is 0 Å². The van der Waals surface area contributed by atoms with Crippen molar-refractivity contribution in [3.8, 4) is 5.69 Å². The first kappa shape index (κ1) is 18.2. The summed E-state index contributed by atoms with van der Waals surface area (Å²) < 4.78 is 1.82. The van der Waals surface area contributed by atoms with Crippen LogP contribution >= 0.6 is 0 Å². The Bertz CT molecular complexity index is 805. The number of nitrogens with zero attached hydrogens (tertiary/aromatic N) is 2. The molecule has 1 fully saturated rings. The van der Waals surface area contributed by atoms with Crippen LogP contribution in [-0.4, -0.2) is 32.3 Å². The van der Waals surface area contributed by atoms with Crippen LogP contribution in [0, 0.1) is 13.8 Å². The van der Waals surface area contributed by atoms with Crippen molar-refractivity contribution >= 4 is 11.9 Å². The lowest BCUT2D eigenvalue weighted by Gasteiger charge is -2.34. The van der Waals surface area contributed by atoms with Gasteiger partial charge in [-0.1, -0.05) is 37.5 Å². The average molecular weight is 355 g/mol. The first-order valence-electron chi connectivity index (χ1n) is 9.08. The predicted molar refractivity (Wildman–Crippen MR) is 98.3 cm³/mol. The highest BCUT2D eigenvalue weighted by Gasteiger charge is 2.41. The number of aromatic nitrogens is 2. The Morgan fingerprint density at radius 2 is 1.81 bits per heavy atom. The average Bonchev–Trinajstić information content (AvgIpc) is 2.91. The number of carbonyl (C=O) groups is 2. The van der Waals surface area contributed by atoms with E-state index in [1.807, 2.05) is 48.9 Å². The maximum atomic E-state index is 12.6. The van der Waals surface area contributed by atoms with Crippen LogP contribution in [0.15, 0.2) is 30.3 Å². The number of aliphatic carboxylic acids is 1. The molecular formula is C20H25N3O3. The number of rotatable bonds is 5. The minimum atomic E-state index is -1.12. The molecule has 0 unspecified atom stereocenters. The minimum absolute atomic E-state index is 0.138. The maximum Gasteiger partial charge on any atom is 0.329 e. The van der Waals surface area contributed by atoms with Crippen molar-refractivity contribution in [1.82, 2.24) is 15.1 Å². The van der Waals surface area contributed by atoms with Crippen LogP contribution in [0.25, 0.3) is 5.69 Å². The van der Waals surface area contributed by atoms with Gasteiger partial charge in [0.1, 0.15) is 5.54 Å². The summed E-state index contributed by atoms with van der Waals surface area (Å²) in [5, 5.41) is 17.0. The van der Waals surface area contributed by atoms with Gasteiger partial charge in [0.2, 0.25) is 5.91 Å². The summed E-state index contributed by atoms with van der Waals surface area (Å²) >= 11 is 0. The van der Waals surface area contributed by atoms with Gasteiger partial charge in [-0.3, -0.25) is 4.79 Å². The lowest BCUT2D eigenvalue weighted by Crippen LogP contribution is -2.56. The van der Waals surface area contributed by atoms with Crippen LogP contribution in [0.3, 0.4) is 0 Å². The number of para-hydroxylation sites is 1. The van der Waals surface area contributed by atoms with Gasteiger partial charge < -0.3 is 10.4 Å². The van der Waals surface area contributed by atoms with E-state index < -0.39 is 11.5 Å². The second-order valence-electron chi connectivity index (χ2n) is 7.07. The largest absolute Gasteiger partial charge is 0.480 e. The van der Waals surface area contributed by atoms with Gasteiger partial charge in [0.15, 0.2) is 0 Å². The van der Waals surface area contributed by atoms with Gasteiger partial charge in [0.25, 0.3) is 0 Å². The fraction of sp³-hybridized carbons (Fsp3) is 0.450. The lowest BCUT2D eigenvalue weighted by molar-refractivity contribution is -0.149. The van der Waals surface area contributed by atoms with E-state index in [1.165, 1.54) is 0 Å². The monoisotopic (exact) mass is 355 g/mol. The molecule has 1 saturated carbocycles. The van der Waals surface area contributed by atoms with Gasteiger partial charge in [-0.25, -0.2) is 9.48 Å². The minimum Gasteiger partial charge on any atom is -0.480 e. The molecule has 1 aromatic heterocycles. The number of hydrogen-bond donors (Lipinski definition) is 2. The van der Waals surface area contributed by atoms with Crippen molar-refractivity contribution in [3.05, 3.63) is 47.3 Å². The molecule has 1 aromatic carbocycles. The standard InChI is InChI=1S/C20H25N3O3/c1-14-17(15(2)23(22-14)16-9-5-3-6-10-16)13-18(24)21-20(19(25)26)11-7-4-8-12-20/h3,5-6,9-10H,4,7-8,11-13H2,1-2H3,(H,21,24)(H,25,26). The predicted octanol–water partition coefficient (Wildman–Crippen LogP) is 2.94. The first-order chi connectivity index (χ1) is 12.4. The Hall–Kier alpha value is -2.63. The molecule has 1 heterocycles. The van der Waals surface area contributed by atoms with Crippen molar-refractivity contribution < 1.29 is 14.7 Å². The third-order valence-electron chi connectivity index (χ3n) is 5.27. The van der Waals surface area contributed by atoms with Crippen molar-refractivity contribution in [2.45, 2.75) is 57.9 Å². The maximum absolute atomic E-state index is 12.6. The number of carboxylic acids is 1. The molecule has 3 rings (SSSR count). The summed E-state index contributed by atoms with van der Waals surface area (Å²) in [6, 6.07) is 9.75. The number of amides is 1. The Kier molecular flexibility index (Phi) is 5.11.